The fourth-order valence-corrected chi connectivity index (χ4v) is 5.85. The number of rotatable bonds is 16. The Morgan fingerprint density at radius 3 is 2.52 bits per heavy atom. The predicted octanol–water partition coefficient (Wildman–Crippen LogP) is 7.88. The topological polar surface area (TPSA) is 66.8 Å². The lowest BCUT2D eigenvalue weighted by Crippen LogP contribution is -2.45. The molecule has 0 aromatic heterocycles. The van der Waals surface area contributed by atoms with E-state index >= 15 is 0 Å². The zero-order chi connectivity index (χ0) is 25.1. The number of carboxylic acid groups (broad SMARTS) is 1. The molecule has 1 unspecified atom stereocenters. The molecule has 0 heterocycles. The summed E-state index contributed by atoms with van der Waals surface area (Å²) in [7, 11) is -1.85. The number of aliphatic carboxylic acids is 1. The second-order valence-corrected chi connectivity index (χ2v) is 16.4. The number of aliphatic hydroxyl groups is 1. The predicted molar refractivity (Wildman–Crippen MR) is 142 cm³/mol. The Kier molecular flexibility index (Phi) is 13.2. The molecule has 5 heteroatoms. The Bertz CT molecular complexity index is 632. The van der Waals surface area contributed by atoms with Crippen LogP contribution in [-0.4, -0.2) is 36.7 Å². The number of allylic oxidation sites excluding steroid dienone is 2. The molecule has 0 bridgehead atoms. The fraction of sp³-hybridized carbons (Fsp3) is 0.821. The summed E-state index contributed by atoms with van der Waals surface area (Å²) in [6.45, 7) is 16.3. The maximum Gasteiger partial charge on any atom is 0.303 e. The second kappa shape index (κ2) is 14.5. The first-order chi connectivity index (χ1) is 15.4. The van der Waals surface area contributed by atoms with Crippen LogP contribution >= 0.6 is 0 Å². The van der Waals surface area contributed by atoms with Crippen molar-refractivity contribution >= 4 is 14.3 Å². The third-order valence-corrected chi connectivity index (χ3v) is 12.3. The summed E-state index contributed by atoms with van der Waals surface area (Å²) in [5.74, 6) is -0.00643. The molecule has 192 valence electrons. The molecule has 0 amide bonds. The van der Waals surface area contributed by atoms with E-state index in [9.17, 15) is 9.90 Å². The van der Waals surface area contributed by atoms with Gasteiger partial charge in [0.15, 0.2) is 8.32 Å². The summed E-state index contributed by atoms with van der Waals surface area (Å²) >= 11 is 0. The van der Waals surface area contributed by atoms with Crippen LogP contribution in [0.25, 0.3) is 0 Å². The first-order valence-electron chi connectivity index (χ1n) is 13.3. The highest BCUT2D eigenvalue weighted by atomic mass is 28.4. The molecule has 0 aromatic carbocycles. The van der Waals surface area contributed by atoms with Gasteiger partial charge < -0.3 is 14.6 Å². The molecule has 33 heavy (non-hydrogen) atoms. The minimum Gasteiger partial charge on any atom is -0.481 e. The van der Waals surface area contributed by atoms with Crippen LogP contribution in [0.3, 0.4) is 0 Å². The van der Waals surface area contributed by atoms with Crippen molar-refractivity contribution in [2.24, 2.45) is 11.8 Å². The lowest BCUT2D eigenvalue weighted by molar-refractivity contribution is -0.137. The van der Waals surface area contributed by atoms with Crippen molar-refractivity contribution in [3.63, 3.8) is 0 Å². The summed E-state index contributed by atoms with van der Waals surface area (Å²) < 4.78 is 6.95. The van der Waals surface area contributed by atoms with Crippen molar-refractivity contribution in [3.8, 4) is 0 Å². The molecule has 4 atom stereocenters. The summed E-state index contributed by atoms with van der Waals surface area (Å²) in [6.07, 6.45) is 16.7. The van der Waals surface area contributed by atoms with Crippen molar-refractivity contribution in [1.82, 2.24) is 0 Å². The maximum absolute atomic E-state index is 10.6. The second-order valence-electron chi connectivity index (χ2n) is 11.6. The van der Waals surface area contributed by atoms with Crippen LogP contribution in [0.1, 0.15) is 105 Å². The molecule has 0 saturated carbocycles. The van der Waals surface area contributed by atoms with Crippen LogP contribution in [0, 0.1) is 11.8 Å². The van der Waals surface area contributed by atoms with E-state index in [1.54, 1.807) is 0 Å². The summed E-state index contributed by atoms with van der Waals surface area (Å²) in [4.78, 5) is 10.6. The van der Waals surface area contributed by atoms with Crippen LogP contribution in [0.4, 0.5) is 0 Å². The number of carbonyl (C=O) groups is 1. The van der Waals surface area contributed by atoms with Gasteiger partial charge in [-0.15, -0.1) is 0 Å². The highest BCUT2D eigenvalue weighted by molar-refractivity contribution is 6.74. The molecule has 0 aliphatic heterocycles. The van der Waals surface area contributed by atoms with Crippen LogP contribution in [-0.2, 0) is 9.22 Å². The SMILES string of the molecule is CCCCCC(C)[C@H](CCC1=CC[C@H](O)[C@@H]1C/C=C\CCCC(=O)O)O[Si](C)(C)C(C)(C)C. The Labute approximate surface area is 205 Å². The van der Waals surface area contributed by atoms with Gasteiger partial charge in [-0.05, 0) is 69.0 Å². The number of aliphatic hydroxyl groups excluding tert-OH is 1. The third-order valence-electron chi connectivity index (χ3n) is 7.75. The van der Waals surface area contributed by atoms with E-state index in [1.807, 2.05) is 0 Å². The molecular formula is C28H52O4Si. The normalized spacial score (nSPS) is 21.4. The standard InChI is InChI=1S/C28H52O4Si/c1-8-9-12-15-22(2)26(32-33(6,7)28(3,4)5)21-19-23-18-20-25(29)24(23)16-13-10-11-14-17-27(30)31/h10,13,18,22,24-26,29H,8-9,11-12,14-17,19-21H2,1-7H3,(H,30,31)/b13-10-/t22?,24-,25+,26+/m1/s1. The summed E-state index contributed by atoms with van der Waals surface area (Å²) in [6, 6.07) is 0. The highest BCUT2D eigenvalue weighted by Gasteiger charge is 2.40. The molecule has 0 fully saturated rings. The van der Waals surface area contributed by atoms with Gasteiger partial charge in [0.05, 0.1) is 6.10 Å². The van der Waals surface area contributed by atoms with E-state index < -0.39 is 14.3 Å². The first-order valence-corrected chi connectivity index (χ1v) is 16.2. The molecule has 1 aliphatic rings. The summed E-state index contributed by atoms with van der Waals surface area (Å²) in [5, 5.41) is 19.5. The Balaban J connectivity index is 2.73. The van der Waals surface area contributed by atoms with E-state index in [4.69, 9.17) is 9.53 Å². The highest BCUT2D eigenvalue weighted by Crippen LogP contribution is 2.40. The van der Waals surface area contributed by atoms with Crippen molar-refractivity contribution < 1.29 is 19.4 Å². The van der Waals surface area contributed by atoms with Crippen LogP contribution in [0.5, 0.6) is 0 Å². The van der Waals surface area contributed by atoms with Gasteiger partial charge in [0, 0.05) is 18.4 Å². The van der Waals surface area contributed by atoms with Gasteiger partial charge >= 0.3 is 5.97 Å². The van der Waals surface area contributed by atoms with Gasteiger partial charge in [0.2, 0.25) is 0 Å². The average molecular weight is 481 g/mol. The average Bonchev–Trinajstić information content (AvgIpc) is 3.06. The van der Waals surface area contributed by atoms with Crippen LogP contribution in [0.15, 0.2) is 23.8 Å². The van der Waals surface area contributed by atoms with Crippen molar-refractivity contribution in [2.45, 2.75) is 136 Å². The maximum atomic E-state index is 10.6. The van der Waals surface area contributed by atoms with Gasteiger partial charge in [0.25, 0.3) is 0 Å². The monoisotopic (exact) mass is 480 g/mol. The van der Waals surface area contributed by atoms with Crippen LogP contribution < -0.4 is 0 Å². The molecular weight excluding hydrogens is 428 g/mol. The lowest BCUT2D eigenvalue weighted by Gasteiger charge is -2.41. The number of hydrogen-bond acceptors (Lipinski definition) is 3. The van der Waals surface area contributed by atoms with Crippen molar-refractivity contribution in [3.05, 3.63) is 23.8 Å². The molecule has 1 aliphatic carbocycles. The first kappa shape index (κ1) is 30.1. The van der Waals surface area contributed by atoms with E-state index in [0.29, 0.717) is 12.3 Å². The third kappa shape index (κ3) is 10.9. The smallest absolute Gasteiger partial charge is 0.303 e. The minimum absolute atomic E-state index is 0.185. The molecule has 0 radical (unpaired) electrons. The van der Waals surface area contributed by atoms with Crippen molar-refractivity contribution in [1.29, 1.82) is 0 Å². The Hall–Kier alpha value is -0.913. The van der Waals surface area contributed by atoms with Gasteiger partial charge in [0.1, 0.15) is 0 Å². The Morgan fingerprint density at radius 1 is 1.21 bits per heavy atom. The van der Waals surface area contributed by atoms with E-state index in [1.165, 1.54) is 31.3 Å². The molecule has 0 saturated heterocycles. The van der Waals surface area contributed by atoms with Gasteiger partial charge in [-0.3, -0.25) is 4.79 Å². The molecule has 0 spiro atoms. The number of unbranched alkanes of at least 4 members (excludes halogenated alkanes) is 3. The minimum atomic E-state index is -1.85. The van der Waals surface area contributed by atoms with E-state index in [2.05, 4.69) is 65.9 Å². The van der Waals surface area contributed by atoms with Crippen LogP contribution in [0.2, 0.25) is 18.1 Å². The quantitative estimate of drug-likeness (QED) is 0.134. The summed E-state index contributed by atoms with van der Waals surface area (Å²) in [5.41, 5.74) is 1.38. The largest absolute Gasteiger partial charge is 0.481 e. The molecule has 4 nitrogen and oxygen atoms in total. The molecule has 1 rings (SSSR count). The number of carboxylic acids is 1. The van der Waals surface area contributed by atoms with Gasteiger partial charge in [-0.25, -0.2) is 0 Å². The zero-order valence-corrected chi connectivity index (χ0v) is 23.5. The van der Waals surface area contributed by atoms with E-state index in [-0.39, 0.29) is 29.6 Å². The van der Waals surface area contributed by atoms with Crippen molar-refractivity contribution in [2.75, 3.05) is 0 Å². The number of hydrogen-bond donors (Lipinski definition) is 2. The van der Waals surface area contributed by atoms with Gasteiger partial charge in [-0.2, -0.15) is 0 Å². The zero-order valence-electron chi connectivity index (χ0n) is 22.5. The Morgan fingerprint density at radius 2 is 1.91 bits per heavy atom. The van der Waals surface area contributed by atoms with Gasteiger partial charge in [-0.1, -0.05) is 77.7 Å². The lowest BCUT2D eigenvalue weighted by atomic mass is 9.88. The van der Waals surface area contributed by atoms with E-state index in [0.717, 1.165) is 32.1 Å². The molecule has 0 aromatic rings. The molecule has 2 N–H and O–H groups in total. The fourth-order valence-electron chi connectivity index (χ4n) is 4.39.